The van der Waals surface area contributed by atoms with Crippen LogP contribution in [-0.2, 0) is 13.1 Å². The van der Waals surface area contributed by atoms with Crippen LogP contribution in [0.15, 0.2) is 67.5 Å². The molecule has 2 aromatic heterocycles. The van der Waals surface area contributed by atoms with Crippen LogP contribution >= 0.6 is 11.6 Å². The van der Waals surface area contributed by atoms with E-state index in [0.717, 1.165) is 24.1 Å². The fourth-order valence-corrected chi connectivity index (χ4v) is 4.10. The summed E-state index contributed by atoms with van der Waals surface area (Å²) in [6, 6.07) is 12.6. The quantitative estimate of drug-likeness (QED) is 0.432. The van der Waals surface area contributed by atoms with E-state index in [0.29, 0.717) is 34.2 Å². The number of ether oxygens (including phenoxy) is 1. The zero-order valence-corrected chi connectivity index (χ0v) is 17.3. The smallest absolute Gasteiger partial charge is 0.228 e. The van der Waals surface area contributed by atoms with Crippen molar-refractivity contribution in [3.63, 3.8) is 0 Å². The number of aryl methyl sites for hydroxylation is 2. The average Bonchev–Trinajstić information content (AvgIpc) is 3.28. The summed E-state index contributed by atoms with van der Waals surface area (Å²) in [5, 5.41) is 19.5. The predicted molar refractivity (Wildman–Crippen MR) is 116 cm³/mol. The molecule has 4 aromatic rings. The fourth-order valence-electron chi connectivity index (χ4n) is 3.97. The van der Waals surface area contributed by atoms with E-state index < -0.39 is 0 Å². The SMILES string of the molecule is N=c1c2c(ncn1CCCn1ccnc1)Oc1cc(O)ccc1[C@H]2c1ccc(Cl)cc1. The Balaban J connectivity index is 1.56. The first-order valence-corrected chi connectivity index (χ1v) is 10.3. The van der Waals surface area contributed by atoms with Gasteiger partial charge in [-0.2, -0.15) is 0 Å². The zero-order valence-electron chi connectivity index (χ0n) is 16.6. The minimum Gasteiger partial charge on any atom is -0.508 e. The Hall–Kier alpha value is -3.58. The molecule has 0 fully saturated rings. The third-order valence-electron chi connectivity index (χ3n) is 5.47. The number of hydrogen-bond acceptors (Lipinski definition) is 5. The Kier molecular flexibility index (Phi) is 4.95. The van der Waals surface area contributed by atoms with Crippen molar-refractivity contribution < 1.29 is 9.84 Å². The lowest BCUT2D eigenvalue weighted by Gasteiger charge is -2.28. The van der Waals surface area contributed by atoms with Crippen molar-refractivity contribution in [2.75, 3.05) is 0 Å². The minimum absolute atomic E-state index is 0.119. The molecule has 3 heterocycles. The second kappa shape index (κ2) is 7.92. The van der Waals surface area contributed by atoms with Crippen molar-refractivity contribution in [3.05, 3.63) is 94.7 Å². The van der Waals surface area contributed by atoms with E-state index in [-0.39, 0.29) is 11.7 Å². The van der Waals surface area contributed by atoms with Crippen LogP contribution in [0.3, 0.4) is 0 Å². The van der Waals surface area contributed by atoms with Crippen molar-refractivity contribution in [2.24, 2.45) is 0 Å². The molecular formula is C23H20ClN5O2. The molecule has 1 atom stereocenters. The van der Waals surface area contributed by atoms with Gasteiger partial charge in [-0.1, -0.05) is 29.8 Å². The predicted octanol–water partition coefficient (Wildman–Crippen LogP) is 4.29. The monoisotopic (exact) mass is 433 g/mol. The summed E-state index contributed by atoms with van der Waals surface area (Å²) in [5.74, 6) is 0.789. The second-order valence-corrected chi connectivity index (χ2v) is 7.90. The number of rotatable bonds is 5. The lowest BCUT2D eigenvalue weighted by Crippen LogP contribution is -2.30. The van der Waals surface area contributed by atoms with Gasteiger partial charge >= 0.3 is 0 Å². The number of nitrogens with zero attached hydrogens (tertiary/aromatic N) is 4. The number of benzene rings is 2. The van der Waals surface area contributed by atoms with Gasteiger partial charge in [-0.3, -0.25) is 5.41 Å². The van der Waals surface area contributed by atoms with Gasteiger partial charge < -0.3 is 19.0 Å². The molecule has 1 aliphatic rings. The third kappa shape index (κ3) is 3.68. The average molecular weight is 434 g/mol. The number of imidazole rings is 1. The van der Waals surface area contributed by atoms with Crippen LogP contribution in [0.2, 0.25) is 5.02 Å². The first-order chi connectivity index (χ1) is 15.1. The molecule has 0 aliphatic carbocycles. The van der Waals surface area contributed by atoms with Crippen LogP contribution in [0.4, 0.5) is 0 Å². The van der Waals surface area contributed by atoms with Crippen molar-refractivity contribution in [2.45, 2.75) is 25.4 Å². The molecular weight excluding hydrogens is 414 g/mol. The lowest BCUT2D eigenvalue weighted by molar-refractivity contribution is 0.411. The lowest BCUT2D eigenvalue weighted by atomic mass is 9.84. The number of fused-ring (bicyclic) bond motifs is 2. The molecule has 0 bridgehead atoms. The maximum atomic E-state index is 9.94. The molecule has 0 amide bonds. The van der Waals surface area contributed by atoms with Crippen molar-refractivity contribution >= 4 is 11.6 Å². The van der Waals surface area contributed by atoms with Crippen LogP contribution in [0.1, 0.15) is 29.0 Å². The highest BCUT2D eigenvalue weighted by Crippen LogP contribution is 2.46. The number of halogens is 1. The molecule has 0 unspecified atom stereocenters. The summed E-state index contributed by atoms with van der Waals surface area (Å²) in [5.41, 5.74) is 2.91. The van der Waals surface area contributed by atoms with Crippen molar-refractivity contribution in [1.82, 2.24) is 19.1 Å². The van der Waals surface area contributed by atoms with Gasteiger partial charge in [0.2, 0.25) is 5.88 Å². The molecule has 1 aliphatic heterocycles. The van der Waals surface area contributed by atoms with Crippen LogP contribution in [-0.4, -0.2) is 24.2 Å². The van der Waals surface area contributed by atoms with E-state index in [1.807, 2.05) is 45.7 Å². The molecule has 156 valence electrons. The highest BCUT2D eigenvalue weighted by Gasteiger charge is 2.32. The van der Waals surface area contributed by atoms with Gasteiger partial charge in [0.1, 0.15) is 23.3 Å². The van der Waals surface area contributed by atoms with E-state index in [9.17, 15) is 5.11 Å². The Morgan fingerprint density at radius 1 is 1.10 bits per heavy atom. The Morgan fingerprint density at radius 3 is 2.71 bits per heavy atom. The van der Waals surface area contributed by atoms with E-state index >= 15 is 0 Å². The zero-order chi connectivity index (χ0) is 21.4. The Labute approximate surface area is 183 Å². The number of hydrogen-bond donors (Lipinski definition) is 2. The van der Waals surface area contributed by atoms with Crippen LogP contribution < -0.4 is 10.2 Å². The highest BCUT2D eigenvalue weighted by molar-refractivity contribution is 6.30. The van der Waals surface area contributed by atoms with Crippen LogP contribution in [0.5, 0.6) is 17.4 Å². The number of aromatic nitrogens is 4. The molecule has 0 radical (unpaired) electrons. The van der Waals surface area contributed by atoms with Gasteiger partial charge in [0.15, 0.2) is 0 Å². The standard InChI is InChI=1S/C23H20ClN5O2/c24-16-4-2-15(3-5-16)20-18-7-6-17(30)12-19(18)31-23-21(20)22(25)29(14-27-23)10-1-9-28-11-8-26-13-28/h2-8,11-14,20,25,30H,1,9-10H2/t20-/m1/s1. The summed E-state index contributed by atoms with van der Waals surface area (Å²) in [6.07, 6.45) is 7.95. The molecule has 7 nitrogen and oxygen atoms in total. The summed E-state index contributed by atoms with van der Waals surface area (Å²) < 4.78 is 9.84. The number of nitrogens with one attached hydrogen (secondary N) is 1. The van der Waals surface area contributed by atoms with Gasteiger partial charge in [-0.15, -0.1) is 0 Å². The van der Waals surface area contributed by atoms with E-state index in [1.165, 1.54) is 0 Å². The molecule has 5 rings (SSSR count). The summed E-state index contributed by atoms with van der Waals surface area (Å²) in [4.78, 5) is 8.57. The van der Waals surface area contributed by atoms with Gasteiger partial charge in [-0.25, -0.2) is 9.97 Å². The van der Waals surface area contributed by atoms with Gasteiger partial charge in [0, 0.05) is 48.1 Å². The van der Waals surface area contributed by atoms with Crippen LogP contribution in [0, 0.1) is 5.41 Å². The van der Waals surface area contributed by atoms with Gasteiger partial charge in [-0.05, 0) is 30.2 Å². The fraction of sp³-hybridized carbons (Fsp3) is 0.174. The Bertz CT molecular complexity index is 1280. The number of aromatic hydroxyl groups is 1. The largest absolute Gasteiger partial charge is 0.508 e. The van der Waals surface area contributed by atoms with Gasteiger partial charge in [0.05, 0.1) is 11.9 Å². The molecule has 0 saturated heterocycles. The first kappa shape index (κ1) is 19.4. The molecule has 31 heavy (non-hydrogen) atoms. The summed E-state index contributed by atoms with van der Waals surface area (Å²) >= 11 is 6.11. The molecule has 2 aromatic carbocycles. The second-order valence-electron chi connectivity index (χ2n) is 7.47. The number of phenolic OH excluding ortho intramolecular Hbond substituents is 1. The maximum Gasteiger partial charge on any atom is 0.228 e. The summed E-state index contributed by atoms with van der Waals surface area (Å²) in [6.45, 7) is 1.45. The maximum absolute atomic E-state index is 9.94. The molecule has 0 spiro atoms. The summed E-state index contributed by atoms with van der Waals surface area (Å²) in [7, 11) is 0. The molecule has 0 saturated carbocycles. The van der Waals surface area contributed by atoms with Crippen molar-refractivity contribution in [3.8, 4) is 17.4 Å². The van der Waals surface area contributed by atoms with E-state index in [2.05, 4.69) is 9.97 Å². The van der Waals surface area contributed by atoms with Gasteiger partial charge in [0.25, 0.3) is 0 Å². The Morgan fingerprint density at radius 2 is 1.94 bits per heavy atom. The molecule has 2 N–H and O–H groups in total. The van der Waals surface area contributed by atoms with Crippen LogP contribution in [0.25, 0.3) is 0 Å². The molecule has 8 heteroatoms. The topological polar surface area (TPSA) is 89.0 Å². The normalized spacial score (nSPS) is 14.5. The number of phenols is 1. The van der Waals surface area contributed by atoms with Crippen molar-refractivity contribution in [1.29, 1.82) is 5.41 Å². The van der Waals surface area contributed by atoms with E-state index in [1.54, 1.807) is 31.0 Å². The first-order valence-electron chi connectivity index (χ1n) is 9.96. The highest BCUT2D eigenvalue weighted by atomic mass is 35.5. The van der Waals surface area contributed by atoms with E-state index in [4.69, 9.17) is 21.7 Å². The third-order valence-corrected chi connectivity index (χ3v) is 5.72. The minimum atomic E-state index is -0.252.